The van der Waals surface area contributed by atoms with E-state index in [1.165, 1.54) is 238 Å². The Morgan fingerprint density at radius 1 is 0.505 bits per heavy atom. The zero-order valence-electron chi connectivity index (χ0n) is 63.9. The molecule has 0 aromatic heterocycles. The number of rotatable bonds is 65. The standard InChI is InChI=1S/C80H148N2O21/c1-4-6-8-10-12-14-16-18-19-20-21-22-23-24-25-26-27-28-29-30-31-32-33-34-35-36-37-38-39-40-41-42-44-46-48-50-52-54-67(90)82-61(62(87)53-51-49-47-45-43-17-15-13-11-9-7-5-2)59-98-77-72(94)71(93)74(66(58-85)100-77)101-78-73(95)76(70(92)65(57-84)99-78)103-80(79(96)97)55-63(88)68(81-60(3)86)75(102-80)69(91)64(89)56-83/h28-29,51,53,61-66,68-78,83-85,87-89,91-95H,4-27,30-50,52,54-59H2,1-3H3,(H,81,86)(H,82,90)(H,96,97)/b29-28-,53-51+. The fourth-order valence-corrected chi connectivity index (χ4v) is 14.4. The third-order valence-electron chi connectivity index (χ3n) is 20.9. The van der Waals surface area contributed by atoms with Crippen LogP contribution in [-0.4, -0.2) is 215 Å². The van der Waals surface area contributed by atoms with Crippen LogP contribution < -0.4 is 10.6 Å². The lowest BCUT2D eigenvalue weighted by Crippen LogP contribution is -2.70. The molecule has 23 heteroatoms. The Morgan fingerprint density at radius 2 is 0.913 bits per heavy atom. The van der Waals surface area contributed by atoms with Gasteiger partial charge in [-0.05, 0) is 44.9 Å². The van der Waals surface area contributed by atoms with Gasteiger partial charge in [0.1, 0.15) is 67.1 Å². The van der Waals surface area contributed by atoms with Crippen molar-refractivity contribution in [1.29, 1.82) is 0 Å². The van der Waals surface area contributed by atoms with Crippen molar-refractivity contribution in [2.24, 2.45) is 0 Å². The van der Waals surface area contributed by atoms with E-state index in [-0.39, 0.29) is 12.3 Å². The van der Waals surface area contributed by atoms with E-state index in [1.54, 1.807) is 6.08 Å². The van der Waals surface area contributed by atoms with Gasteiger partial charge in [-0.25, -0.2) is 4.79 Å². The Kier molecular flexibility index (Phi) is 54.2. The number of hydrogen-bond donors (Lipinski definition) is 14. The highest BCUT2D eigenvalue weighted by Gasteiger charge is 2.60. The summed E-state index contributed by atoms with van der Waals surface area (Å²) in [5.41, 5.74) is 0. The number of aliphatic hydroxyl groups excluding tert-OH is 11. The number of carbonyl (C=O) groups excluding carboxylic acids is 2. The first-order valence-electron chi connectivity index (χ1n) is 41.2. The van der Waals surface area contributed by atoms with Gasteiger partial charge in [-0.1, -0.05) is 289 Å². The monoisotopic (exact) mass is 1470 g/mol. The number of nitrogens with one attached hydrogen (secondary N) is 2. The van der Waals surface area contributed by atoms with Gasteiger partial charge in [-0.15, -0.1) is 0 Å². The molecule has 23 nitrogen and oxygen atoms in total. The summed E-state index contributed by atoms with van der Waals surface area (Å²) in [6.07, 6.45) is 37.0. The summed E-state index contributed by atoms with van der Waals surface area (Å²) in [6.45, 7) is 2.15. The number of aliphatic hydroxyl groups is 11. The Bertz CT molecular complexity index is 2150. The topological polar surface area (TPSA) is 373 Å². The van der Waals surface area contributed by atoms with Crippen molar-refractivity contribution in [1.82, 2.24) is 10.6 Å². The highest BCUT2D eigenvalue weighted by Crippen LogP contribution is 2.39. The number of carbonyl (C=O) groups is 3. The second-order valence-corrected chi connectivity index (χ2v) is 30.0. The molecule has 14 N–H and O–H groups in total. The lowest BCUT2D eigenvalue weighted by atomic mass is 9.88. The summed E-state index contributed by atoms with van der Waals surface area (Å²) in [6, 6.07) is -2.62. The first kappa shape index (κ1) is 94.4. The summed E-state index contributed by atoms with van der Waals surface area (Å²) >= 11 is 0. The van der Waals surface area contributed by atoms with Crippen LogP contribution in [0.3, 0.4) is 0 Å². The molecule has 3 heterocycles. The number of amides is 2. The second kappa shape index (κ2) is 59.1. The molecular formula is C80H148N2O21. The van der Waals surface area contributed by atoms with Crippen molar-refractivity contribution < 1.29 is 104 Å². The molecule has 0 aliphatic carbocycles. The van der Waals surface area contributed by atoms with E-state index in [9.17, 15) is 75.7 Å². The van der Waals surface area contributed by atoms with Crippen LogP contribution in [0, 0.1) is 0 Å². The molecule has 604 valence electrons. The number of hydrogen-bond acceptors (Lipinski definition) is 20. The van der Waals surface area contributed by atoms with Gasteiger partial charge in [0.2, 0.25) is 11.8 Å². The summed E-state index contributed by atoms with van der Waals surface area (Å²) in [7, 11) is 0. The van der Waals surface area contributed by atoms with Crippen molar-refractivity contribution in [3.63, 3.8) is 0 Å². The third-order valence-corrected chi connectivity index (χ3v) is 20.9. The van der Waals surface area contributed by atoms with Gasteiger partial charge in [0, 0.05) is 19.8 Å². The first-order chi connectivity index (χ1) is 49.9. The highest BCUT2D eigenvalue weighted by molar-refractivity contribution is 5.77. The molecule has 0 aromatic rings. The maximum Gasteiger partial charge on any atom is 0.364 e. The zero-order valence-corrected chi connectivity index (χ0v) is 63.9. The van der Waals surface area contributed by atoms with Gasteiger partial charge in [0.25, 0.3) is 5.79 Å². The molecule has 0 bridgehead atoms. The summed E-state index contributed by atoms with van der Waals surface area (Å²) in [5, 5.41) is 136. The molecule has 3 aliphatic heterocycles. The van der Waals surface area contributed by atoms with Crippen LogP contribution in [0.25, 0.3) is 0 Å². The van der Waals surface area contributed by atoms with Crippen LogP contribution >= 0.6 is 0 Å². The van der Waals surface area contributed by atoms with Gasteiger partial charge in [-0.2, -0.15) is 0 Å². The Morgan fingerprint density at radius 3 is 1.32 bits per heavy atom. The van der Waals surface area contributed by atoms with Crippen molar-refractivity contribution in [2.45, 2.75) is 439 Å². The fourth-order valence-electron chi connectivity index (χ4n) is 14.4. The van der Waals surface area contributed by atoms with Crippen LogP contribution in [0.4, 0.5) is 0 Å². The Balaban J connectivity index is 1.40. The second-order valence-electron chi connectivity index (χ2n) is 30.0. The lowest BCUT2D eigenvalue weighted by Gasteiger charge is -2.50. The molecule has 103 heavy (non-hydrogen) atoms. The minimum absolute atomic E-state index is 0.203. The number of carboxylic acid groups (broad SMARTS) is 1. The van der Waals surface area contributed by atoms with Crippen LogP contribution in [0.15, 0.2) is 24.3 Å². The smallest absolute Gasteiger partial charge is 0.364 e. The van der Waals surface area contributed by atoms with E-state index < -0.39 is 155 Å². The lowest BCUT2D eigenvalue weighted by molar-refractivity contribution is -0.386. The minimum Gasteiger partial charge on any atom is -0.477 e. The highest BCUT2D eigenvalue weighted by atomic mass is 16.8. The maximum atomic E-state index is 13.5. The van der Waals surface area contributed by atoms with E-state index in [4.69, 9.17) is 28.4 Å². The minimum atomic E-state index is -3.08. The van der Waals surface area contributed by atoms with Crippen molar-refractivity contribution in [3.05, 3.63) is 24.3 Å². The molecule has 0 aromatic carbocycles. The summed E-state index contributed by atoms with van der Waals surface area (Å²) < 4.78 is 34.8. The third kappa shape index (κ3) is 39.4. The summed E-state index contributed by atoms with van der Waals surface area (Å²) in [4.78, 5) is 38.6. The molecule has 0 radical (unpaired) electrons. The number of unbranched alkanes of at least 4 members (excludes halogenated alkanes) is 43. The van der Waals surface area contributed by atoms with Gasteiger partial charge < -0.3 is 100 Å². The molecule has 3 fully saturated rings. The SMILES string of the molecule is CCCCCCCCCCCC/C=C/C(O)C(COC1OC(CO)C(OC2OC(CO)C(O)C(OC3(C(=O)O)CC(O)C(NC(C)=O)C(C(O)C(O)CO)O3)C2O)C(O)C1O)NC(=O)CCCCCCCCCCCCCCCCCCC/C=C\CCCCCCCCCCCCCCCCCC. The van der Waals surface area contributed by atoms with Crippen molar-refractivity contribution in [3.8, 4) is 0 Å². The number of ether oxygens (including phenoxy) is 6. The number of carboxylic acids is 1. The normalized spacial score (nSPS) is 26.6. The largest absolute Gasteiger partial charge is 0.477 e. The molecule has 2 amide bonds. The van der Waals surface area contributed by atoms with E-state index in [0.29, 0.717) is 12.8 Å². The molecule has 3 rings (SSSR count). The van der Waals surface area contributed by atoms with E-state index >= 15 is 0 Å². The molecule has 0 spiro atoms. The predicted molar refractivity (Wildman–Crippen MR) is 398 cm³/mol. The van der Waals surface area contributed by atoms with E-state index in [2.05, 4.69) is 36.6 Å². The van der Waals surface area contributed by atoms with Gasteiger partial charge in [0.05, 0.1) is 50.7 Å². The van der Waals surface area contributed by atoms with Crippen LogP contribution in [0.2, 0.25) is 0 Å². The van der Waals surface area contributed by atoms with Crippen molar-refractivity contribution >= 4 is 17.8 Å². The zero-order chi connectivity index (χ0) is 75.3. The molecule has 3 aliphatic rings. The average Bonchev–Trinajstić information content (AvgIpc) is 0.755. The molecule has 18 atom stereocenters. The maximum absolute atomic E-state index is 13.5. The van der Waals surface area contributed by atoms with Crippen molar-refractivity contribution in [2.75, 3.05) is 26.4 Å². The Hall–Kier alpha value is -2.79. The predicted octanol–water partition coefficient (Wildman–Crippen LogP) is 11.1. The number of allylic oxidation sites excluding steroid dienone is 3. The van der Waals surface area contributed by atoms with E-state index in [1.807, 2.05) is 6.08 Å². The van der Waals surface area contributed by atoms with E-state index in [0.717, 1.165) is 51.9 Å². The summed E-state index contributed by atoms with van der Waals surface area (Å²) in [5.74, 6) is -6.14. The fraction of sp³-hybridized carbons (Fsp3) is 0.912. The van der Waals surface area contributed by atoms with Crippen LogP contribution in [0.5, 0.6) is 0 Å². The average molecular weight is 1470 g/mol. The molecule has 0 saturated carbocycles. The number of aliphatic carboxylic acids is 1. The van der Waals surface area contributed by atoms with Gasteiger partial charge in [0.15, 0.2) is 12.6 Å². The van der Waals surface area contributed by atoms with Crippen LogP contribution in [-0.2, 0) is 42.8 Å². The van der Waals surface area contributed by atoms with Gasteiger partial charge >= 0.3 is 5.97 Å². The van der Waals surface area contributed by atoms with Crippen LogP contribution in [0.1, 0.15) is 329 Å². The first-order valence-corrected chi connectivity index (χ1v) is 41.2. The quantitative estimate of drug-likeness (QED) is 0.0199. The molecule has 18 unspecified atom stereocenters. The molecule has 3 saturated heterocycles. The Labute approximate surface area is 619 Å². The van der Waals surface area contributed by atoms with Gasteiger partial charge in [-0.3, -0.25) is 9.59 Å². The molecular weight excluding hydrogens is 1320 g/mol.